The number of hydrogen-bond donors (Lipinski definition) is 4. The Morgan fingerprint density at radius 3 is 2.36 bits per heavy atom. The highest BCUT2D eigenvalue weighted by Crippen LogP contribution is 2.41. The number of thiazole rings is 1. The Balaban J connectivity index is 0.638. The number of β-amino-alcohol motifs (C(OH)–C–C–N with tert-alkyl or cyclic N) is 1. The molecule has 2 unspecified atom stereocenters. The molecule has 8 heterocycles. The fraction of sp³-hybridized carbons (Fsp3) is 0.464. The number of likely N-dealkylation sites (tertiary alicyclic amines) is 1. The number of aromatic nitrogens is 5. The van der Waals surface area contributed by atoms with E-state index in [1.807, 2.05) is 98.9 Å². The Morgan fingerprint density at radius 1 is 0.895 bits per heavy atom. The van der Waals surface area contributed by atoms with Gasteiger partial charge in [0, 0.05) is 100 Å². The minimum atomic E-state index is -0.840. The average Bonchev–Trinajstić information content (AvgIpc) is 4.24. The number of para-hydroxylation sites is 1. The molecule has 1 aliphatic carbocycles. The van der Waals surface area contributed by atoms with Gasteiger partial charge >= 0.3 is 0 Å². The number of phenolic OH excluding ortho intramolecular Hbond substituents is 1. The van der Waals surface area contributed by atoms with Crippen LogP contribution in [0.2, 0.25) is 0 Å². The third-order valence-electron chi connectivity index (χ3n) is 16.1. The van der Waals surface area contributed by atoms with Gasteiger partial charge in [-0.25, -0.2) is 9.97 Å². The van der Waals surface area contributed by atoms with Gasteiger partial charge in [-0.15, -0.1) is 21.5 Å². The number of nitrogens with zero attached hydrogens (tertiary/aromatic N) is 10. The number of amides is 3. The summed E-state index contributed by atoms with van der Waals surface area (Å²) in [5.74, 6) is 0.953. The summed E-state index contributed by atoms with van der Waals surface area (Å²) in [6, 6.07) is 22.3. The molecule has 2 bridgehead atoms. The molecular formula is C56H66N12O7S. The van der Waals surface area contributed by atoms with Crippen molar-refractivity contribution in [3.8, 4) is 33.3 Å². The van der Waals surface area contributed by atoms with Crippen molar-refractivity contribution < 1.29 is 33.9 Å². The molecule has 76 heavy (non-hydrogen) atoms. The molecule has 0 radical (unpaired) electrons. The number of anilines is 4. The smallest absolute Gasteiger partial charge is 0.243 e. The number of carbonyl (C=O) groups is 3. The zero-order valence-corrected chi connectivity index (χ0v) is 44.2. The quantitative estimate of drug-likeness (QED) is 0.0851. The van der Waals surface area contributed by atoms with E-state index in [4.69, 9.17) is 15.0 Å². The molecule has 11 rings (SSSR count). The van der Waals surface area contributed by atoms with Crippen LogP contribution < -0.4 is 30.5 Å². The van der Waals surface area contributed by atoms with Gasteiger partial charge in [-0.1, -0.05) is 55.4 Å². The Labute approximate surface area is 446 Å². The maximum atomic E-state index is 14.4. The SMILES string of the molecule is Cc1ncsc1-c1ccc([C@H](C)NC(=O)[C@@H]2C[C@@H](O)CN2C(=O)[C@@H](c2cc(N3CCN(C(=O)CC4CC(Oc5cc(N6C7CCC6CN(c6cc(-c8ccccc8O)nnc6N)C7)ccn5)C4)CC3)no2)C(C)C)cc1. The second kappa shape index (κ2) is 21.4. The maximum Gasteiger partial charge on any atom is 0.243 e. The van der Waals surface area contributed by atoms with Crippen LogP contribution in [0.5, 0.6) is 11.6 Å². The Hall–Kier alpha value is -7.32. The molecule has 20 heteroatoms. The van der Waals surface area contributed by atoms with Crippen molar-refractivity contribution in [1.29, 1.82) is 0 Å². The molecule has 4 aliphatic heterocycles. The van der Waals surface area contributed by atoms with Crippen molar-refractivity contribution >= 4 is 52.1 Å². The number of nitrogen functional groups attached to an aromatic ring is 1. The lowest BCUT2D eigenvalue weighted by atomic mass is 9.79. The lowest BCUT2D eigenvalue weighted by Crippen LogP contribution is -2.54. The van der Waals surface area contributed by atoms with Crippen molar-refractivity contribution in [2.45, 2.75) is 109 Å². The van der Waals surface area contributed by atoms with Gasteiger partial charge in [0.15, 0.2) is 17.4 Å². The van der Waals surface area contributed by atoms with Crippen molar-refractivity contribution in [3.63, 3.8) is 0 Å². The van der Waals surface area contributed by atoms with Gasteiger partial charge in [0.05, 0.1) is 39.6 Å². The number of pyridine rings is 1. The number of phenols is 1. The second-order valence-electron chi connectivity index (χ2n) is 21.5. The number of carbonyl (C=O) groups excluding carboxylic acids is 3. The number of aromatic hydroxyl groups is 1. The first kappa shape index (κ1) is 50.8. The molecule has 19 nitrogen and oxygen atoms in total. The highest BCUT2D eigenvalue weighted by atomic mass is 32.1. The third kappa shape index (κ3) is 10.4. The summed E-state index contributed by atoms with van der Waals surface area (Å²) >= 11 is 1.59. The number of benzene rings is 2. The number of nitrogens with one attached hydrogen (secondary N) is 1. The minimum absolute atomic E-state index is 0.00924. The number of ether oxygens (including phenoxy) is 1. The van der Waals surface area contributed by atoms with Crippen LogP contribution in [0.15, 0.2) is 89.0 Å². The Kier molecular flexibility index (Phi) is 14.3. The molecule has 5 fully saturated rings. The van der Waals surface area contributed by atoms with Crippen molar-refractivity contribution in [2.24, 2.45) is 11.8 Å². The lowest BCUT2D eigenvalue weighted by molar-refractivity contribution is -0.141. The maximum absolute atomic E-state index is 14.4. The predicted molar refractivity (Wildman–Crippen MR) is 289 cm³/mol. The summed E-state index contributed by atoms with van der Waals surface area (Å²) in [6.07, 6.45) is 5.23. The summed E-state index contributed by atoms with van der Waals surface area (Å²) in [5.41, 5.74) is 14.3. The van der Waals surface area contributed by atoms with Crippen LogP contribution in [0.4, 0.5) is 23.0 Å². The van der Waals surface area contributed by atoms with Crippen LogP contribution in [0, 0.1) is 18.8 Å². The summed E-state index contributed by atoms with van der Waals surface area (Å²) in [6.45, 7) is 11.6. The van der Waals surface area contributed by atoms with Crippen molar-refractivity contribution in [3.05, 3.63) is 102 Å². The van der Waals surface area contributed by atoms with Crippen LogP contribution >= 0.6 is 11.3 Å². The van der Waals surface area contributed by atoms with E-state index in [1.54, 1.807) is 29.5 Å². The summed E-state index contributed by atoms with van der Waals surface area (Å²) in [5, 5.41) is 37.2. The lowest BCUT2D eigenvalue weighted by Gasteiger charge is -2.43. The Bertz CT molecular complexity index is 3050. The number of nitrogens with two attached hydrogens (primary N) is 1. The zero-order chi connectivity index (χ0) is 52.8. The number of aryl methyl sites for hydroxylation is 1. The Morgan fingerprint density at radius 2 is 1.64 bits per heavy atom. The van der Waals surface area contributed by atoms with E-state index in [2.05, 4.69) is 45.3 Å². The molecular weight excluding hydrogens is 985 g/mol. The fourth-order valence-corrected chi connectivity index (χ4v) is 12.8. The third-order valence-corrected chi connectivity index (χ3v) is 17.1. The van der Waals surface area contributed by atoms with Crippen molar-refractivity contribution in [2.75, 3.05) is 66.2 Å². The van der Waals surface area contributed by atoms with E-state index in [-0.39, 0.29) is 72.5 Å². The predicted octanol–water partition coefficient (Wildman–Crippen LogP) is 6.58. The van der Waals surface area contributed by atoms with Crippen LogP contribution in [-0.2, 0) is 14.4 Å². The summed E-state index contributed by atoms with van der Waals surface area (Å²) < 4.78 is 12.3. The van der Waals surface area contributed by atoms with E-state index in [0.717, 1.165) is 71.8 Å². The molecule has 6 atom stereocenters. The van der Waals surface area contributed by atoms with Gasteiger partial charge in [0.1, 0.15) is 23.8 Å². The van der Waals surface area contributed by atoms with Gasteiger partial charge in [0.25, 0.3) is 0 Å². The van der Waals surface area contributed by atoms with Crippen LogP contribution in [0.3, 0.4) is 0 Å². The van der Waals surface area contributed by atoms with E-state index < -0.39 is 18.1 Å². The fourth-order valence-electron chi connectivity index (χ4n) is 12.0. The molecule has 5 aliphatic rings. The van der Waals surface area contributed by atoms with Gasteiger partial charge < -0.3 is 55.0 Å². The van der Waals surface area contributed by atoms with Crippen LogP contribution in [-0.4, -0.2) is 139 Å². The normalized spacial score (nSPS) is 23.2. The van der Waals surface area contributed by atoms with Gasteiger partial charge in [-0.2, -0.15) is 0 Å². The van der Waals surface area contributed by atoms with Crippen LogP contribution in [0.25, 0.3) is 21.7 Å². The minimum Gasteiger partial charge on any atom is -0.507 e. The molecule has 5 N–H and O–H groups in total. The number of hydrogen-bond acceptors (Lipinski definition) is 17. The first-order chi connectivity index (χ1) is 36.7. The summed E-state index contributed by atoms with van der Waals surface area (Å²) in [4.78, 5) is 62.1. The van der Waals surface area contributed by atoms with Gasteiger partial charge in [-0.05, 0) is 86.8 Å². The average molecular weight is 1050 g/mol. The number of rotatable bonds is 15. The second-order valence-corrected chi connectivity index (χ2v) is 22.4. The zero-order valence-electron chi connectivity index (χ0n) is 43.4. The molecule has 4 saturated heterocycles. The molecule has 3 amide bonds. The van der Waals surface area contributed by atoms with E-state index in [1.165, 1.54) is 4.90 Å². The van der Waals surface area contributed by atoms with E-state index in [9.17, 15) is 24.6 Å². The highest BCUT2D eigenvalue weighted by Gasteiger charge is 2.45. The monoisotopic (exact) mass is 1050 g/mol. The molecule has 2 aromatic carbocycles. The first-order valence-electron chi connectivity index (χ1n) is 26.6. The van der Waals surface area contributed by atoms with Gasteiger partial charge in [-0.3, -0.25) is 14.4 Å². The largest absolute Gasteiger partial charge is 0.507 e. The molecule has 4 aromatic heterocycles. The number of aliphatic hydroxyl groups excluding tert-OH is 1. The first-order valence-corrected chi connectivity index (χ1v) is 27.5. The number of aliphatic hydroxyl groups is 1. The standard InChI is InChI=1S/C56H66N12O7S/c1-32(2)52(56(73)67-30-41(69)25-46(67)55(72)60-33(3)36-9-11-37(12-10-36)53-34(4)59-31-76-53)48-27-49(63-75-48)64-17-19-65(20-18-64)51(71)23-35-21-42(22-35)74-50-24-38(15-16-58-50)68-39-13-14-40(68)29-66(28-39)45-26-44(61-62-54(45)57)43-7-5-6-8-47(43)70/h5-12,15-16,24,26-27,31-33,35,39-42,46,52,69-70H,13-14,17-23,25,28-30H2,1-4H3,(H2,57,62)(H,60,72)/t33-,35?,39?,40?,41+,42?,46-,52+/m0/s1. The van der Waals surface area contributed by atoms with Crippen molar-refractivity contribution in [1.82, 2.24) is 40.4 Å². The van der Waals surface area contributed by atoms with Crippen LogP contribution in [0.1, 0.15) is 88.3 Å². The molecule has 398 valence electrons. The van der Waals surface area contributed by atoms with Gasteiger partial charge in [0.2, 0.25) is 23.6 Å². The highest BCUT2D eigenvalue weighted by molar-refractivity contribution is 7.13. The molecule has 6 aromatic rings. The number of fused-ring (bicyclic) bond motifs is 2. The topological polar surface area (TPSA) is 233 Å². The molecule has 0 spiro atoms. The summed E-state index contributed by atoms with van der Waals surface area (Å²) in [7, 11) is 0. The van der Waals surface area contributed by atoms with E-state index >= 15 is 0 Å². The molecule has 1 saturated carbocycles. The van der Waals surface area contributed by atoms with E-state index in [0.29, 0.717) is 67.1 Å². The number of piperazine rings is 2.